The molecule has 0 bridgehead atoms. The molecule has 0 amide bonds. The minimum atomic E-state index is -1.30. The van der Waals surface area contributed by atoms with E-state index in [0.717, 1.165) is 0 Å². The summed E-state index contributed by atoms with van der Waals surface area (Å²) in [5, 5.41) is -1.30. The second-order valence-corrected chi connectivity index (χ2v) is 3.38. The summed E-state index contributed by atoms with van der Waals surface area (Å²) in [4.78, 5) is 0. The van der Waals surface area contributed by atoms with Gasteiger partial charge in [-0.2, -0.15) is 0 Å². The average molecular weight is 227 g/mol. The summed E-state index contributed by atoms with van der Waals surface area (Å²) in [6, 6.07) is 0. The van der Waals surface area contributed by atoms with Crippen LogP contribution in [-0.2, 0) is 23.7 Å². The first-order chi connectivity index (χ1) is 6.55. The van der Waals surface area contributed by atoms with Crippen LogP contribution in [0.15, 0.2) is 0 Å². The number of ether oxygens (including phenoxy) is 5. The molecule has 1 aliphatic rings. The molecule has 0 heterocycles. The molecule has 1 fully saturated rings. The van der Waals surface area contributed by atoms with E-state index < -0.39 is 16.6 Å². The van der Waals surface area contributed by atoms with E-state index in [1.165, 1.54) is 35.5 Å². The fraction of sp³-hybridized carbons (Fsp3) is 1.00. The van der Waals surface area contributed by atoms with Gasteiger partial charge in [0.2, 0.25) is 0 Å². The van der Waals surface area contributed by atoms with E-state index in [9.17, 15) is 0 Å². The summed E-state index contributed by atoms with van der Waals surface area (Å²) in [5.41, 5.74) is 0. The molecule has 0 aromatic rings. The Hall–Kier alpha value is 0.0900. The van der Waals surface area contributed by atoms with Crippen LogP contribution in [0.2, 0.25) is 0 Å². The van der Waals surface area contributed by atoms with Crippen LogP contribution in [0.3, 0.4) is 0 Å². The minimum absolute atomic E-state index is 1.25. The van der Waals surface area contributed by atoms with Gasteiger partial charge in [0, 0.05) is 35.5 Å². The lowest BCUT2D eigenvalue weighted by Gasteiger charge is -2.17. The molecule has 5 nitrogen and oxygen atoms in total. The highest BCUT2D eigenvalue weighted by atomic mass is 35.5. The SMILES string of the molecule is COC1(Cl)C(OC)(OC)C1(OC)OC. The van der Waals surface area contributed by atoms with Crippen LogP contribution in [0.25, 0.3) is 0 Å². The lowest BCUT2D eigenvalue weighted by atomic mass is 10.6. The summed E-state index contributed by atoms with van der Waals surface area (Å²) in [7, 11) is 7.21. The molecule has 0 radical (unpaired) electrons. The lowest BCUT2D eigenvalue weighted by molar-refractivity contribution is -0.254. The molecular formula is C8H15ClO5. The van der Waals surface area contributed by atoms with Crippen LogP contribution >= 0.6 is 11.6 Å². The van der Waals surface area contributed by atoms with Crippen molar-refractivity contribution >= 4 is 11.6 Å². The van der Waals surface area contributed by atoms with E-state index in [1.807, 2.05) is 0 Å². The van der Waals surface area contributed by atoms with Crippen molar-refractivity contribution in [2.45, 2.75) is 16.6 Å². The number of halogens is 1. The highest BCUT2D eigenvalue weighted by molar-refractivity contribution is 6.27. The Bertz CT molecular complexity index is 194. The van der Waals surface area contributed by atoms with Crippen LogP contribution < -0.4 is 0 Å². The van der Waals surface area contributed by atoms with Crippen molar-refractivity contribution in [2.24, 2.45) is 0 Å². The molecule has 1 aliphatic carbocycles. The van der Waals surface area contributed by atoms with E-state index in [1.54, 1.807) is 0 Å². The molecule has 0 aliphatic heterocycles. The van der Waals surface area contributed by atoms with Crippen molar-refractivity contribution in [1.82, 2.24) is 0 Å². The minimum Gasteiger partial charge on any atom is -0.353 e. The number of hydrogen-bond donors (Lipinski definition) is 0. The second kappa shape index (κ2) is 3.59. The molecule has 0 aromatic heterocycles. The zero-order valence-electron chi connectivity index (χ0n) is 8.92. The average Bonchev–Trinajstić information content (AvgIpc) is 2.73. The van der Waals surface area contributed by atoms with Crippen LogP contribution in [0.5, 0.6) is 0 Å². The Morgan fingerprint density at radius 3 is 1.00 bits per heavy atom. The summed E-state index contributed by atoms with van der Waals surface area (Å²) in [5.74, 6) is -2.50. The first-order valence-corrected chi connectivity index (χ1v) is 4.38. The first kappa shape index (κ1) is 12.2. The predicted octanol–water partition coefficient (Wildman–Crippen LogP) is 0.560. The monoisotopic (exact) mass is 226 g/mol. The molecular weight excluding hydrogens is 212 g/mol. The van der Waals surface area contributed by atoms with Gasteiger partial charge in [-0.15, -0.1) is 0 Å². The molecule has 0 spiro atoms. The summed E-state index contributed by atoms with van der Waals surface area (Å²) >= 11 is 6.15. The van der Waals surface area contributed by atoms with E-state index in [2.05, 4.69) is 0 Å². The van der Waals surface area contributed by atoms with Gasteiger partial charge in [0.15, 0.2) is 0 Å². The van der Waals surface area contributed by atoms with E-state index >= 15 is 0 Å². The fourth-order valence-corrected chi connectivity index (χ4v) is 2.40. The van der Waals surface area contributed by atoms with Crippen molar-refractivity contribution < 1.29 is 23.7 Å². The standard InChI is InChI=1S/C8H15ClO5/c1-10-6(9)7(11-2,12-3)8(6,13-4)14-5/h1-5H3. The van der Waals surface area contributed by atoms with E-state index in [4.69, 9.17) is 35.3 Å². The first-order valence-electron chi connectivity index (χ1n) is 4.00. The van der Waals surface area contributed by atoms with Gasteiger partial charge in [-0.3, -0.25) is 0 Å². The molecule has 1 rings (SSSR count). The van der Waals surface area contributed by atoms with Crippen molar-refractivity contribution in [1.29, 1.82) is 0 Å². The quantitative estimate of drug-likeness (QED) is 0.506. The van der Waals surface area contributed by atoms with Gasteiger partial charge in [-0.05, 0) is 0 Å². The molecule has 0 aromatic carbocycles. The second-order valence-electron chi connectivity index (χ2n) is 2.85. The van der Waals surface area contributed by atoms with Gasteiger partial charge in [-0.25, -0.2) is 0 Å². The Kier molecular flexibility index (Phi) is 3.12. The number of hydrogen-bond acceptors (Lipinski definition) is 5. The molecule has 1 saturated carbocycles. The van der Waals surface area contributed by atoms with Gasteiger partial charge in [0.05, 0.1) is 0 Å². The van der Waals surface area contributed by atoms with Crippen molar-refractivity contribution in [2.75, 3.05) is 35.5 Å². The zero-order valence-corrected chi connectivity index (χ0v) is 9.68. The van der Waals surface area contributed by atoms with Gasteiger partial charge in [-0.1, -0.05) is 11.6 Å². The fourth-order valence-electron chi connectivity index (χ4n) is 1.89. The maximum absolute atomic E-state index is 6.15. The number of alkyl halides is 1. The third-order valence-corrected chi connectivity index (χ3v) is 3.30. The van der Waals surface area contributed by atoms with Gasteiger partial charge in [0.25, 0.3) is 16.6 Å². The Morgan fingerprint density at radius 1 is 0.643 bits per heavy atom. The van der Waals surface area contributed by atoms with E-state index in [-0.39, 0.29) is 0 Å². The zero-order chi connectivity index (χ0) is 11.0. The summed E-state index contributed by atoms with van der Waals surface area (Å²) in [6.45, 7) is 0. The number of methoxy groups -OCH3 is 5. The molecule has 0 atom stereocenters. The molecule has 0 N–H and O–H groups in total. The Labute approximate surface area is 88.2 Å². The smallest absolute Gasteiger partial charge is 0.278 e. The van der Waals surface area contributed by atoms with Crippen LogP contribution in [-0.4, -0.2) is 52.2 Å². The van der Waals surface area contributed by atoms with Crippen molar-refractivity contribution in [3.63, 3.8) is 0 Å². The van der Waals surface area contributed by atoms with Gasteiger partial charge >= 0.3 is 0 Å². The molecule has 84 valence electrons. The molecule has 14 heavy (non-hydrogen) atoms. The van der Waals surface area contributed by atoms with Crippen molar-refractivity contribution in [3.05, 3.63) is 0 Å². The van der Waals surface area contributed by atoms with Crippen LogP contribution in [0.1, 0.15) is 0 Å². The Morgan fingerprint density at radius 2 is 0.929 bits per heavy atom. The highest BCUT2D eigenvalue weighted by Crippen LogP contribution is 2.67. The molecule has 6 heteroatoms. The topological polar surface area (TPSA) is 46.2 Å². The van der Waals surface area contributed by atoms with E-state index in [0.29, 0.717) is 0 Å². The molecule has 0 unspecified atom stereocenters. The largest absolute Gasteiger partial charge is 0.353 e. The van der Waals surface area contributed by atoms with Gasteiger partial charge in [0.1, 0.15) is 0 Å². The molecule has 0 saturated heterocycles. The van der Waals surface area contributed by atoms with Crippen LogP contribution in [0.4, 0.5) is 0 Å². The highest BCUT2D eigenvalue weighted by Gasteiger charge is 2.95. The number of rotatable bonds is 5. The van der Waals surface area contributed by atoms with Crippen molar-refractivity contribution in [3.8, 4) is 0 Å². The third-order valence-electron chi connectivity index (χ3n) is 2.65. The van der Waals surface area contributed by atoms with Crippen LogP contribution in [0, 0.1) is 0 Å². The predicted molar refractivity (Wildman–Crippen MR) is 49.1 cm³/mol. The lowest BCUT2D eigenvalue weighted by Crippen LogP contribution is -2.32. The third kappa shape index (κ3) is 0.925. The summed E-state index contributed by atoms with van der Waals surface area (Å²) in [6.07, 6.45) is 0. The summed E-state index contributed by atoms with van der Waals surface area (Å²) < 4.78 is 25.8. The maximum Gasteiger partial charge on any atom is 0.278 e. The Balaban J connectivity index is 3.09. The van der Waals surface area contributed by atoms with Gasteiger partial charge < -0.3 is 23.7 Å². The maximum atomic E-state index is 6.15. The normalized spacial score (nSPS) is 26.1.